The van der Waals surface area contributed by atoms with Crippen LogP contribution in [0.3, 0.4) is 0 Å². The zero-order chi connectivity index (χ0) is 35.6. The maximum Gasteiger partial charge on any atom is 0.306 e. The van der Waals surface area contributed by atoms with E-state index >= 15 is 0 Å². The molecule has 0 aromatic carbocycles. The average molecular weight is 685 g/mol. The van der Waals surface area contributed by atoms with E-state index in [4.69, 9.17) is 15.2 Å². The minimum Gasteiger partial charge on any atom is -0.456 e. The summed E-state index contributed by atoms with van der Waals surface area (Å²) in [6.45, 7) is 4.77. The Bertz CT molecular complexity index is 889. The summed E-state index contributed by atoms with van der Waals surface area (Å²) in [5.74, 6) is -0.831. The number of unbranched alkanes of at least 4 members (excludes halogenated alkanes) is 16. The summed E-state index contributed by atoms with van der Waals surface area (Å²) in [5, 5.41) is 0. The Morgan fingerprint density at radius 1 is 0.531 bits per heavy atom. The number of nitrogens with zero attached hydrogens (tertiary/aromatic N) is 1. The van der Waals surface area contributed by atoms with Crippen LogP contribution >= 0.6 is 0 Å². The zero-order valence-corrected chi connectivity index (χ0v) is 31.4. The molecule has 0 saturated carbocycles. The molecule has 0 aromatic heterocycles. The minimum absolute atomic E-state index is 0.126. The molecule has 0 aliphatic carbocycles. The van der Waals surface area contributed by atoms with E-state index in [1.165, 1.54) is 56.3 Å². The van der Waals surface area contributed by atoms with Crippen molar-refractivity contribution in [3.05, 3.63) is 48.6 Å². The lowest BCUT2D eigenvalue weighted by atomic mass is 10.1. The summed E-state index contributed by atoms with van der Waals surface area (Å²) in [7, 11) is 0. The first-order chi connectivity index (χ1) is 24.0. The summed E-state index contributed by atoms with van der Waals surface area (Å²) in [6.07, 6.45) is 42.2. The van der Waals surface area contributed by atoms with Gasteiger partial charge in [0.05, 0.1) is 19.6 Å². The average Bonchev–Trinajstić information content (AvgIpc) is 3.49. The zero-order valence-electron chi connectivity index (χ0n) is 31.4. The van der Waals surface area contributed by atoms with Gasteiger partial charge in [-0.3, -0.25) is 14.4 Å². The van der Waals surface area contributed by atoms with Gasteiger partial charge in [0, 0.05) is 12.8 Å². The molecule has 1 aliphatic heterocycles. The Morgan fingerprint density at radius 3 is 1.24 bits per heavy atom. The van der Waals surface area contributed by atoms with Crippen LogP contribution < -0.4 is 5.73 Å². The Hall–Kier alpha value is -2.67. The number of ether oxygens (including phenoxy) is 2. The van der Waals surface area contributed by atoms with Crippen LogP contribution in [0, 0.1) is 0 Å². The van der Waals surface area contributed by atoms with Crippen molar-refractivity contribution >= 4 is 17.8 Å². The summed E-state index contributed by atoms with van der Waals surface area (Å²) < 4.78 is 11.5. The maximum absolute atomic E-state index is 12.6. The summed E-state index contributed by atoms with van der Waals surface area (Å²) in [5.41, 5.74) is 5.57. The fourth-order valence-electron chi connectivity index (χ4n) is 5.92. The van der Waals surface area contributed by atoms with Gasteiger partial charge in [-0.1, -0.05) is 127 Å². The van der Waals surface area contributed by atoms with Gasteiger partial charge in [0.25, 0.3) is 0 Å². The molecule has 1 saturated heterocycles. The quantitative estimate of drug-likeness (QED) is 0.0443. The van der Waals surface area contributed by atoms with Crippen LogP contribution in [0.1, 0.15) is 168 Å². The monoisotopic (exact) mass is 685 g/mol. The van der Waals surface area contributed by atoms with Gasteiger partial charge in [-0.2, -0.15) is 0 Å². The Labute approximate surface area is 300 Å². The number of allylic oxidation sites excluding steroid dienone is 8. The Kier molecular flexibility index (Phi) is 29.4. The fraction of sp³-hybridized carbons (Fsp3) is 0.738. The van der Waals surface area contributed by atoms with Crippen LogP contribution in [-0.4, -0.2) is 54.6 Å². The Balaban J connectivity index is 2.19. The maximum atomic E-state index is 12.6. The molecule has 1 unspecified atom stereocenters. The van der Waals surface area contributed by atoms with Gasteiger partial charge in [0.15, 0.2) is 12.2 Å². The fourth-order valence-corrected chi connectivity index (χ4v) is 5.92. The molecule has 2 atom stereocenters. The van der Waals surface area contributed by atoms with Crippen LogP contribution in [0.25, 0.3) is 0 Å². The van der Waals surface area contributed by atoms with Crippen LogP contribution in [0.5, 0.6) is 0 Å². The third-order valence-electron chi connectivity index (χ3n) is 8.97. The van der Waals surface area contributed by atoms with Crippen molar-refractivity contribution in [2.45, 2.75) is 180 Å². The molecule has 1 amide bonds. The first-order valence-corrected chi connectivity index (χ1v) is 20.0. The minimum atomic E-state index is -0.644. The van der Waals surface area contributed by atoms with Crippen molar-refractivity contribution < 1.29 is 23.9 Å². The molecule has 0 spiro atoms. The van der Waals surface area contributed by atoms with E-state index in [2.05, 4.69) is 62.5 Å². The molecule has 1 aliphatic rings. The highest BCUT2D eigenvalue weighted by molar-refractivity contribution is 5.79. The number of esters is 2. The van der Waals surface area contributed by atoms with E-state index < -0.39 is 12.2 Å². The van der Waals surface area contributed by atoms with Gasteiger partial charge in [-0.15, -0.1) is 0 Å². The molecule has 1 rings (SSSR count). The second-order valence-corrected chi connectivity index (χ2v) is 13.5. The smallest absolute Gasteiger partial charge is 0.306 e. The molecule has 1 fully saturated rings. The molecule has 1 heterocycles. The number of nitrogens with two attached hydrogens (primary N) is 1. The molecule has 0 bridgehead atoms. The first kappa shape index (κ1) is 44.4. The molecule has 49 heavy (non-hydrogen) atoms. The molecule has 2 N–H and O–H groups in total. The van der Waals surface area contributed by atoms with E-state index in [9.17, 15) is 14.4 Å². The second-order valence-electron chi connectivity index (χ2n) is 13.5. The van der Waals surface area contributed by atoms with Gasteiger partial charge in [-0.25, -0.2) is 0 Å². The number of amides is 1. The SMILES string of the molecule is CCCCCC=CCC=CCCCCCCCC(=O)OC1CN(C(=O)CN)C[C@H]1OC(=O)CCCCCCCC=CCC=CCCCCC. The highest BCUT2D eigenvalue weighted by atomic mass is 16.6. The van der Waals surface area contributed by atoms with E-state index in [1.807, 2.05) is 0 Å². The van der Waals surface area contributed by atoms with Gasteiger partial charge in [-0.05, 0) is 77.0 Å². The highest BCUT2D eigenvalue weighted by Crippen LogP contribution is 2.20. The number of likely N-dealkylation sites (tertiary alicyclic amines) is 1. The lowest BCUT2D eigenvalue weighted by Crippen LogP contribution is -2.35. The van der Waals surface area contributed by atoms with Gasteiger partial charge >= 0.3 is 11.9 Å². The number of carbonyl (C=O) groups excluding carboxylic acids is 3. The summed E-state index contributed by atoms with van der Waals surface area (Å²) in [4.78, 5) is 39.0. The van der Waals surface area contributed by atoms with Gasteiger partial charge in [0.2, 0.25) is 5.91 Å². The molecule has 7 heteroatoms. The predicted molar refractivity (Wildman–Crippen MR) is 204 cm³/mol. The van der Waals surface area contributed by atoms with Crippen molar-refractivity contribution in [3.63, 3.8) is 0 Å². The van der Waals surface area contributed by atoms with Crippen LogP contribution in [-0.2, 0) is 23.9 Å². The molecule has 0 aromatic rings. The largest absolute Gasteiger partial charge is 0.456 e. The van der Waals surface area contributed by atoms with E-state index in [-0.39, 0.29) is 37.5 Å². The van der Waals surface area contributed by atoms with Crippen LogP contribution in [0.4, 0.5) is 0 Å². The molecular weight excluding hydrogens is 612 g/mol. The van der Waals surface area contributed by atoms with Gasteiger partial charge in [0.1, 0.15) is 0 Å². The van der Waals surface area contributed by atoms with Crippen molar-refractivity contribution in [3.8, 4) is 0 Å². The third kappa shape index (κ3) is 25.9. The number of carbonyl (C=O) groups is 3. The number of rotatable bonds is 31. The van der Waals surface area contributed by atoms with Gasteiger partial charge < -0.3 is 20.1 Å². The predicted octanol–water partition coefficient (Wildman–Crippen LogP) is 10.2. The van der Waals surface area contributed by atoms with Crippen LogP contribution in [0.2, 0.25) is 0 Å². The molecule has 0 radical (unpaired) electrons. The van der Waals surface area contributed by atoms with Crippen molar-refractivity contribution in [1.29, 1.82) is 0 Å². The second kappa shape index (κ2) is 32.5. The molecular formula is C42H72N2O5. The topological polar surface area (TPSA) is 98.9 Å². The third-order valence-corrected chi connectivity index (χ3v) is 8.97. The van der Waals surface area contributed by atoms with Crippen molar-refractivity contribution in [1.82, 2.24) is 4.90 Å². The molecule has 7 nitrogen and oxygen atoms in total. The molecule has 280 valence electrons. The van der Waals surface area contributed by atoms with E-state index in [0.29, 0.717) is 12.8 Å². The lowest BCUT2D eigenvalue weighted by Gasteiger charge is -2.19. The van der Waals surface area contributed by atoms with Crippen LogP contribution in [0.15, 0.2) is 48.6 Å². The van der Waals surface area contributed by atoms with Crippen molar-refractivity contribution in [2.75, 3.05) is 19.6 Å². The number of hydrogen-bond acceptors (Lipinski definition) is 6. The van der Waals surface area contributed by atoms with E-state index in [1.54, 1.807) is 0 Å². The normalized spacial score (nSPS) is 16.6. The first-order valence-electron chi connectivity index (χ1n) is 20.0. The summed E-state index contributed by atoms with van der Waals surface area (Å²) >= 11 is 0. The lowest BCUT2D eigenvalue weighted by molar-refractivity contribution is -0.164. The standard InChI is InChI=1S/C42H72N2O5/c1-3-5-7-9-11-13-15-17-19-21-23-25-27-29-31-33-41(46)48-38-36-44(40(45)35-43)37-39(38)49-42(47)34-32-30-28-26-24-22-20-18-16-14-12-10-8-6-4-2/h11-14,17-20,38-39H,3-10,15-16,21-37,43H2,1-2H3/t38-,39?/m1/s1. The Morgan fingerprint density at radius 2 is 0.878 bits per heavy atom. The van der Waals surface area contributed by atoms with E-state index in [0.717, 1.165) is 89.9 Å². The van der Waals surface area contributed by atoms with Crippen molar-refractivity contribution in [2.24, 2.45) is 5.73 Å². The summed E-state index contributed by atoms with van der Waals surface area (Å²) in [6, 6.07) is 0. The number of hydrogen-bond donors (Lipinski definition) is 1. The highest BCUT2D eigenvalue weighted by Gasteiger charge is 2.39.